The van der Waals surface area contributed by atoms with Gasteiger partial charge in [0.1, 0.15) is 11.6 Å². The molecule has 1 aromatic heterocycles. The van der Waals surface area contributed by atoms with Crippen molar-refractivity contribution in [3.05, 3.63) is 11.6 Å². The normalized spacial score (nSPS) is 29.3. The number of nitrogens with zero attached hydrogens (tertiary/aromatic N) is 3. The van der Waals surface area contributed by atoms with Crippen LogP contribution in [0.15, 0.2) is 0 Å². The van der Waals surface area contributed by atoms with Gasteiger partial charge in [0.05, 0.1) is 13.2 Å². The molecule has 0 radical (unpaired) electrons. The molecule has 3 rings (SSSR count). The van der Waals surface area contributed by atoms with Crippen LogP contribution >= 0.6 is 0 Å². The van der Waals surface area contributed by atoms with Gasteiger partial charge in [-0.25, -0.2) is 9.67 Å². The molecular formula is C11H18N4O. The van der Waals surface area contributed by atoms with Crippen LogP contribution in [0.25, 0.3) is 0 Å². The summed E-state index contributed by atoms with van der Waals surface area (Å²) in [6, 6.07) is 1.07. The van der Waals surface area contributed by atoms with Crippen LogP contribution in [0.2, 0.25) is 0 Å². The Bertz CT molecular complexity index is 370. The highest BCUT2D eigenvalue weighted by Gasteiger charge is 2.24. The first-order chi connectivity index (χ1) is 7.81. The number of hydrogen-bond acceptors (Lipinski definition) is 4. The van der Waals surface area contributed by atoms with E-state index in [2.05, 4.69) is 15.4 Å². The summed E-state index contributed by atoms with van der Waals surface area (Å²) in [5.74, 6) is 2.03. The van der Waals surface area contributed by atoms with E-state index in [9.17, 15) is 0 Å². The molecule has 1 saturated heterocycles. The van der Waals surface area contributed by atoms with Crippen LogP contribution in [0.3, 0.4) is 0 Å². The summed E-state index contributed by atoms with van der Waals surface area (Å²) in [6.45, 7) is 4.67. The van der Waals surface area contributed by atoms with Crippen LogP contribution in [-0.2, 0) is 17.7 Å². The number of ether oxygens (including phenoxy) is 1. The Kier molecular flexibility index (Phi) is 2.65. The third kappa shape index (κ3) is 1.97. The van der Waals surface area contributed by atoms with Crippen molar-refractivity contribution in [2.45, 2.75) is 44.8 Å². The first-order valence-electron chi connectivity index (χ1n) is 6.05. The molecule has 1 aromatic rings. The van der Waals surface area contributed by atoms with Crippen LogP contribution in [0.5, 0.6) is 0 Å². The predicted molar refractivity (Wildman–Crippen MR) is 59.2 cm³/mol. The molecule has 2 atom stereocenters. The van der Waals surface area contributed by atoms with Gasteiger partial charge >= 0.3 is 0 Å². The zero-order valence-corrected chi connectivity index (χ0v) is 9.65. The van der Waals surface area contributed by atoms with Crippen molar-refractivity contribution in [1.82, 2.24) is 20.1 Å². The molecule has 16 heavy (non-hydrogen) atoms. The minimum atomic E-state index is 0.528. The van der Waals surface area contributed by atoms with E-state index < -0.39 is 0 Å². The highest BCUT2D eigenvalue weighted by molar-refractivity contribution is 4.97. The lowest BCUT2D eigenvalue weighted by Crippen LogP contribution is -2.43. The maximum Gasteiger partial charge on any atom is 0.147 e. The molecule has 88 valence electrons. The van der Waals surface area contributed by atoms with E-state index in [1.54, 1.807) is 0 Å². The second-order valence-electron chi connectivity index (χ2n) is 4.72. The maximum absolute atomic E-state index is 5.37. The van der Waals surface area contributed by atoms with Crippen molar-refractivity contribution >= 4 is 0 Å². The van der Waals surface area contributed by atoms with Gasteiger partial charge in [-0.3, -0.25) is 0 Å². The molecular weight excluding hydrogens is 204 g/mol. The van der Waals surface area contributed by atoms with Gasteiger partial charge in [-0.1, -0.05) is 0 Å². The van der Waals surface area contributed by atoms with E-state index in [-0.39, 0.29) is 0 Å². The molecule has 2 aliphatic heterocycles. The van der Waals surface area contributed by atoms with Crippen molar-refractivity contribution in [2.24, 2.45) is 0 Å². The molecule has 0 saturated carbocycles. The summed E-state index contributed by atoms with van der Waals surface area (Å²) in [5.41, 5.74) is 0. The molecule has 1 N–H and O–H groups in total. The van der Waals surface area contributed by atoms with E-state index in [0.717, 1.165) is 50.7 Å². The fourth-order valence-corrected chi connectivity index (χ4v) is 2.57. The Labute approximate surface area is 95.2 Å². The Hall–Kier alpha value is -0.940. The first-order valence-corrected chi connectivity index (χ1v) is 6.05. The standard InChI is InChI=1S/C11H18N4O/c1-8-12-11-3-2-9(6-15(11)14-8)13-10-4-5-16-7-10/h9-10,13H,2-7H2,1H3. The number of rotatable bonds is 2. The lowest BCUT2D eigenvalue weighted by molar-refractivity contribution is 0.185. The molecule has 2 aliphatic rings. The molecule has 3 heterocycles. The summed E-state index contributed by atoms with van der Waals surface area (Å²) in [7, 11) is 0. The van der Waals surface area contributed by atoms with Crippen molar-refractivity contribution < 1.29 is 4.74 Å². The predicted octanol–water partition coefficient (Wildman–Crippen LogP) is 0.280. The van der Waals surface area contributed by atoms with Gasteiger partial charge in [0, 0.05) is 25.1 Å². The Balaban J connectivity index is 1.63. The molecule has 0 aliphatic carbocycles. The van der Waals surface area contributed by atoms with E-state index >= 15 is 0 Å². The van der Waals surface area contributed by atoms with Crippen molar-refractivity contribution in [1.29, 1.82) is 0 Å². The number of nitrogens with one attached hydrogen (secondary N) is 1. The first kappa shape index (κ1) is 10.2. The smallest absolute Gasteiger partial charge is 0.147 e. The summed E-state index contributed by atoms with van der Waals surface area (Å²) >= 11 is 0. The summed E-state index contributed by atoms with van der Waals surface area (Å²) in [5, 5.41) is 8.06. The highest BCUT2D eigenvalue weighted by atomic mass is 16.5. The molecule has 5 nitrogen and oxygen atoms in total. The SMILES string of the molecule is Cc1nc2n(n1)CC(NC1CCOC1)CC2. The maximum atomic E-state index is 5.37. The topological polar surface area (TPSA) is 52.0 Å². The molecule has 0 aromatic carbocycles. The number of fused-ring (bicyclic) bond motifs is 1. The van der Waals surface area contributed by atoms with Gasteiger partial charge in [0.2, 0.25) is 0 Å². The number of aryl methyl sites for hydroxylation is 2. The van der Waals surface area contributed by atoms with Gasteiger partial charge in [-0.15, -0.1) is 0 Å². The van der Waals surface area contributed by atoms with E-state index in [4.69, 9.17) is 4.74 Å². The Morgan fingerprint density at radius 1 is 1.38 bits per heavy atom. The quantitative estimate of drug-likeness (QED) is 0.781. The minimum absolute atomic E-state index is 0.528. The van der Waals surface area contributed by atoms with Crippen LogP contribution in [0, 0.1) is 6.92 Å². The molecule has 1 fully saturated rings. The van der Waals surface area contributed by atoms with Gasteiger partial charge in [0.25, 0.3) is 0 Å². The van der Waals surface area contributed by atoms with E-state index in [1.807, 2.05) is 11.6 Å². The van der Waals surface area contributed by atoms with Crippen LogP contribution < -0.4 is 5.32 Å². The van der Waals surface area contributed by atoms with Crippen molar-refractivity contribution in [2.75, 3.05) is 13.2 Å². The van der Waals surface area contributed by atoms with Gasteiger partial charge in [-0.2, -0.15) is 5.10 Å². The van der Waals surface area contributed by atoms with Gasteiger partial charge in [0.15, 0.2) is 0 Å². The Morgan fingerprint density at radius 3 is 3.12 bits per heavy atom. The fourth-order valence-electron chi connectivity index (χ4n) is 2.57. The third-order valence-electron chi connectivity index (χ3n) is 3.37. The molecule has 0 amide bonds. The average Bonchev–Trinajstić information content (AvgIpc) is 2.85. The van der Waals surface area contributed by atoms with E-state index in [0.29, 0.717) is 12.1 Å². The molecule has 0 spiro atoms. The largest absolute Gasteiger partial charge is 0.380 e. The number of hydrogen-bond donors (Lipinski definition) is 1. The number of aromatic nitrogens is 3. The minimum Gasteiger partial charge on any atom is -0.380 e. The second-order valence-corrected chi connectivity index (χ2v) is 4.72. The highest BCUT2D eigenvalue weighted by Crippen LogP contribution is 2.15. The summed E-state index contributed by atoms with van der Waals surface area (Å²) < 4.78 is 7.42. The average molecular weight is 222 g/mol. The van der Waals surface area contributed by atoms with Crippen LogP contribution in [-0.4, -0.2) is 40.1 Å². The zero-order chi connectivity index (χ0) is 11.0. The van der Waals surface area contributed by atoms with Gasteiger partial charge in [-0.05, 0) is 19.8 Å². The van der Waals surface area contributed by atoms with Gasteiger partial charge < -0.3 is 10.1 Å². The molecule has 0 bridgehead atoms. The van der Waals surface area contributed by atoms with Crippen molar-refractivity contribution in [3.63, 3.8) is 0 Å². The van der Waals surface area contributed by atoms with Crippen molar-refractivity contribution in [3.8, 4) is 0 Å². The molecule has 5 heteroatoms. The Morgan fingerprint density at radius 2 is 2.31 bits per heavy atom. The van der Waals surface area contributed by atoms with Crippen LogP contribution in [0.1, 0.15) is 24.5 Å². The fraction of sp³-hybridized carbons (Fsp3) is 0.818. The van der Waals surface area contributed by atoms with E-state index in [1.165, 1.54) is 0 Å². The molecule has 2 unspecified atom stereocenters. The second kappa shape index (κ2) is 4.14. The monoisotopic (exact) mass is 222 g/mol. The lowest BCUT2D eigenvalue weighted by atomic mass is 10.1. The lowest BCUT2D eigenvalue weighted by Gasteiger charge is -2.26. The summed E-state index contributed by atoms with van der Waals surface area (Å²) in [4.78, 5) is 4.42. The van der Waals surface area contributed by atoms with Crippen LogP contribution in [0.4, 0.5) is 0 Å². The third-order valence-corrected chi connectivity index (χ3v) is 3.37. The summed E-state index contributed by atoms with van der Waals surface area (Å²) in [6.07, 6.45) is 3.33. The zero-order valence-electron chi connectivity index (χ0n) is 9.65.